The summed E-state index contributed by atoms with van der Waals surface area (Å²) in [5.41, 5.74) is -0.706. The first kappa shape index (κ1) is 17.3. The molecule has 2 rings (SSSR count). The summed E-state index contributed by atoms with van der Waals surface area (Å²) in [5, 5.41) is 2.48. The Morgan fingerprint density at radius 3 is 2.67 bits per heavy atom. The summed E-state index contributed by atoms with van der Waals surface area (Å²) >= 11 is 0. The molecule has 0 spiro atoms. The number of amides is 1. The number of benzene rings is 1. The van der Waals surface area contributed by atoms with E-state index in [0.717, 1.165) is 12.1 Å². The predicted molar refractivity (Wildman–Crippen MR) is 82.3 cm³/mol. The van der Waals surface area contributed by atoms with E-state index in [0.29, 0.717) is 0 Å². The van der Waals surface area contributed by atoms with E-state index >= 15 is 0 Å². The monoisotopic (exact) mass is 334 g/mol. The Bertz CT molecular complexity index is 874. The molecular weight excluding hydrogens is 321 g/mol. The largest absolute Gasteiger partial charge is 0.416 e. The third-order valence-electron chi connectivity index (χ3n) is 3.13. The first-order valence-corrected chi connectivity index (χ1v) is 6.88. The smallest absolute Gasteiger partial charge is 0.341 e. The summed E-state index contributed by atoms with van der Waals surface area (Å²) in [4.78, 5) is 23.3. The molecular formula is C17H13F3N2O2. The fourth-order valence-corrected chi connectivity index (χ4v) is 1.84. The van der Waals surface area contributed by atoms with E-state index in [2.05, 4.69) is 17.2 Å². The quantitative estimate of drug-likeness (QED) is 0.856. The average molecular weight is 334 g/mol. The fourth-order valence-electron chi connectivity index (χ4n) is 1.84. The molecule has 0 aliphatic rings. The van der Waals surface area contributed by atoms with E-state index in [4.69, 9.17) is 0 Å². The van der Waals surface area contributed by atoms with Crippen LogP contribution >= 0.6 is 0 Å². The lowest BCUT2D eigenvalue weighted by atomic mass is 10.1. The molecule has 0 aliphatic carbocycles. The minimum atomic E-state index is -4.43. The second kappa shape index (κ2) is 7.04. The van der Waals surface area contributed by atoms with Gasteiger partial charge in [-0.05, 0) is 24.3 Å². The van der Waals surface area contributed by atoms with Crippen molar-refractivity contribution in [2.24, 2.45) is 7.05 Å². The summed E-state index contributed by atoms with van der Waals surface area (Å²) in [6.45, 7) is -0.0513. The number of carbonyl (C=O) groups is 1. The normalized spacial score (nSPS) is 10.7. The van der Waals surface area contributed by atoms with Crippen molar-refractivity contribution in [2.75, 3.05) is 6.54 Å². The van der Waals surface area contributed by atoms with E-state index in [-0.39, 0.29) is 23.2 Å². The number of hydrogen-bond acceptors (Lipinski definition) is 2. The van der Waals surface area contributed by atoms with E-state index < -0.39 is 17.6 Å². The van der Waals surface area contributed by atoms with Crippen LogP contribution in [0.4, 0.5) is 13.2 Å². The fraction of sp³-hybridized carbons (Fsp3) is 0.176. The van der Waals surface area contributed by atoms with Crippen LogP contribution < -0.4 is 10.9 Å². The van der Waals surface area contributed by atoms with Gasteiger partial charge in [0.1, 0.15) is 0 Å². The van der Waals surface area contributed by atoms with Crippen LogP contribution in [0.1, 0.15) is 21.5 Å². The number of aryl methyl sites for hydroxylation is 1. The molecule has 0 fully saturated rings. The molecule has 4 nitrogen and oxygen atoms in total. The van der Waals surface area contributed by atoms with Crippen molar-refractivity contribution in [2.45, 2.75) is 6.18 Å². The first-order chi connectivity index (χ1) is 11.3. The summed E-state index contributed by atoms with van der Waals surface area (Å²) in [7, 11) is 1.56. The molecule has 0 unspecified atom stereocenters. The van der Waals surface area contributed by atoms with Crippen molar-refractivity contribution in [3.05, 3.63) is 69.6 Å². The highest BCUT2D eigenvalue weighted by atomic mass is 19.4. The minimum Gasteiger partial charge on any atom is -0.341 e. The van der Waals surface area contributed by atoms with Crippen LogP contribution in [0, 0.1) is 11.8 Å². The van der Waals surface area contributed by atoms with Gasteiger partial charge in [0.2, 0.25) is 0 Å². The van der Waals surface area contributed by atoms with Crippen LogP contribution in [0.2, 0.25) is 0 Å². The van der Waals surface area contributed by atoms with E-state index in [1.807, 2.05) is 0 Å². The van der Waals surface area contributed by atoms with Crippen LogP contribution in [0.25, 0.3) is 0 Å². The molecule has 24 heavy (non-hydrogen) atoms. The molecule has 0 atom stereocenters. The van der Waals surface area contributed by atoms with Gasteiger partial charge < -0.3 is 9.88 Å². The van der Waals surface area contributed by atoms with Crippen molar-refractivity contribution in [1.82, 2.24) is 9.88 Å². The van der Waals surface area contributed by atoms with E-state index in [9.17, 15) is 22.8 Å². The summed E-state index contributed by atoms with van der Waals surface area (Å²) < 4.78 is 39.1. The van der Waals surface area contributed by atoms with Crippen LogP contribution in [0.15, 0.2) is 47.4 Å². The zero-order valence-corrected chi connectivity index (χ0v) is 12.6. The highest BCUT2D eigenvalue weighted by molar-refractivity contribution is 5.94. The Hall–Kier alpha value is -3.01. The topological polar surface area (TPSA) is 51.1 Å². The van der Waals surface area contributed by atoms with E-state index in [1.54, 1.807) is 7.05 Å². The molecule has 2 aromatic rings. The van der Waals surface area contributed by atoms with Gasteiger partial charge in [0, 0.05) is 30.4 Å². The van der Waals surface area contributed by atoms with Gasteiger partial charge in [0.05, 0.1) is 12.1 Å². The summed E-state index contributed by atoms with van der Waals surface area (Å²) in [5.74, 6) is 4.65. The Balaban J connectivity index is 2.00. The lowest BCUT2D eigenvalue weighted by Gasteiger charge is -2.05. The van der Waals surface area contributed by atoms with Gasteiger partial charge in [-0.1, -0.05) is 17.9 Å². The minimum absolute atomic E-state index is 0.0513. The molecule has 0 bridgehead atoms. The van der Waals surface area contributed by atoms with Gasteiger partial charge in [0.15, 0.2) is 0 Å². The summed E-state index contributed by atoms with van der Waals surface area (Å²) in [6, 6.07) is 7.29. The number of nitrogens with zero attached hydrogens (tertiary/aromatic N) is 1. The molecule has 7 heteroatoms. The van der Waals surface area contributed by atoms with Crippen LogP contribution in [-0.4, -0.2) is 17.0 Å². The number of pyridine rings is 1. The molecule has 0 radical (unpaired) electrons. The number of alkyl halides is 3. The summed E-state index contributed by atoms with van der Waals surface area (Å²) in [6.07, 6.45) is -2.96. The maximum absolute atomic E-state index is 12.6. The van der Waals surface area contributed by atoms with Crippen molar-refractivity contribution >= 4 is 5.91 Å². The molecule has 1 amide bonds. The third-order valence-corrected chi connectivity index (χ3v) is 3.13. The maximum Gasteiger partial charge on any atom is 0.416 e. The van der Waals surface area contributed by atoms with Gasteiger partial charge in [-0.15, -0.1) is 0 Å². The molecule has 1 heterocycles. The highest BCUT2D eigenvalue weighted by Crippen LogP contribution is 2.29. The first-order valence-electron chi connectivity index (χ1n) is 6.88. The zero-order chi connectivity index (χ0) is 17.7. The Labute approximate surface area is 135 Å². The molecule has 1 aromatic carbocycles. The zero-order valence-electron chi connectivity index (χ0n) is 12.6. The van der Waals surface area contributed by atoms with Gasteiger partial charge in [-0.3, -0.25) is 9.59 Å². The average Bonchev–Trinajstić information content (AvgIpc) is 2.53. The Kier molecular flexibility index (Phi) is 5.09. The second-order valence-electron chi connectivity index (χ2n) is 4.93. The van der Waals surface area contributed by atoms with Crippen LogP contribution in [0.5, 0.6) is 0 Å². The molecule has 1 aromatic heterocycles. The molecule has 0 saturated carbocycles. The predicted octanol–water partition coefficient (Wildman–Crippen LogP) is 2.19. The molecule has 124 valence electrons. The Morgan fingerprint density at radius 2 is 2.00 bits per heavy atom. The molecule has 1 N–H and O–H groups in total. The lowest BCUT2D eigenvalue weighted by Crippen LogP contribution is -2.26. The Morgan fingerprint density at radius 1 is 1.25 bits per heavy atom. The maximum atomic E-state index is 12.6. The number of rotatable bonds is 2. The van der Waals surface area contributed by atoms with Crippen molar-refractivity contribution in [1.29, 1.82) is 0 Å². The number of aromatic nitrogens is 1. The van der Waals surface area contributed by atoms with Gasteiger partial charge in [0.25, 0.3) is 11.5 Å². The van der Waals surface area contributed by atoms with E-state index in [1.165, 1.54) is 35.0 Å². The molecule has 0 aliphatic heterocycles. The number of hydrogen-bond donors (Lipinski definition) is 1. The molecule has 0 saturated heterocycles. The van der Waals surface area contributed by atoms with Gasteiger partial charge >= 0.3 is 6.18 Å². The van der Waals surface area contributed by atoms with Crippen molar-refractivity contribution in [3.8, 4) is 11.8 Å². The number of halogens is 3. The number of carbonyl (C=O) groups excluding carboxylic acids is 1. The standard InChI is InChI=1S/C17H13F3N2O2/c1-22-9-7-13(11-15(22)23)16(24)21-8-3-5-12-4-2-6-14(10-12)17(18,19)20/h2,4,6-7,9-11H,8H2,1H3,(H,21,24). The van der Waals surface area contributed by atoms with Crippen LogP contribution in [0.3, 0.4) is 0 Å². The lowest BCUT2D eigenvalue weighted by molar-refractivity contribution is -0.137. The van der Waals surface area contributed by atoms with Gasteiger partial charge in [-0.2, -0.15) is 13.2 Å². The van der Waals surface area contributed by atoms with Crippen LogP contribution in [-0.2, 0) is 13.2 Å². The van der Waals surface area contributed by atoms with Crippen molar-refractivity contribution < 1.29 is 18.0 Å². The highest BCUT2D eigenvalue weighted by Gasteiger charge is 2.30. The third kappa shape index (κ3) is 4.49. The second-order valence-corrected chi connectivity index (χ2v) is 4.93. The van der Waals surface area contributed by atoms with Gasteiger partial charge in [-0.25, -0.2) is 0 Å². The SMILES string of the molecule is Cn1ccc(C(=O)NCC#Cc2cccc(C(F)(F)F)c2)cc1=O. The van der Waals surface area contributed by atoms with Crippen molar-refractivity contribution in [3.63, 3.8) is 0 Å². The number of nitrogens with one attached hydrogen (secondary N) is 1.